The van der Waals surface area contributed by atoms with E-state index in [1.807, 2.05) is 60.8 Å². The van der Waals surface area contributed by atoms with Crippen LogP contribution in [0.3, 0.4) is 0 Å². The Hall–Kier alpha value is -4.27. The van der Waals surface area contributed by atoms with Gasteiger partial charge in [-0.15, -0.1) is 0 Å². The number of nitrogens with zero attached hydrogens (tertiary/aromatic N) is 1. The SMILES string of the molecule is CC/C=C/C=C/C=C/C=C/C=C/C=C/CCCCCC(=O)OCC(COCCC(C(=O)[O-])[N+](C)(C)C)OC(=O)CCCCCCC/C=C/C/C=C/C/C=C/C/C=C/CCCCC. The molecule has 0 aromatic carbocycles. The lowest BCUT2D eigenvalue weighted by molar-refractivity contribution is -0.889. The van der Waals surface area contributed by atoms with Gasteiger partial charge in [0.1, 0.15) is 12.6 Å². The van der Waals surface area contributed by atoms with Crippen molar-refractivity contribution in [3.63, 3.8) is 0 Å². The molecule has 0 radical (unpaired) electrons. The maximum absolute atomic E-state index is 12.8. The van der Waals surface area contributed by atoms with Gasteiger partial charge in [-0.2, -0.15) is 0 Å². The van der Waals surface area contributed by atoms with Crippen LogP contribution in [-0.4, -0.2) is 75.5 Å². The number of esters is 2. The predicted molar refractivity (Wildman–Crippen MR) is 258 cm³/mol. The van der Waals surface area contributed by atoms with E-state index < -0.39 is 18.1 Å². The van der Waals surface area contributed by atoms with Crippen LogP contribution in [0.15, 0.2) is 122 Å². The van der Waals surface area contributed by atoms with Gasteiger partial charge in [-0.25, -0.2) is 0 Å². The third kappa shape index (κ3) is 41.1. The Morgan fingerprint density at radius 2 is 0.968 bits per heavy atom. The molecule has 0 rings (SSSR count). The maximum Gasteiger partial charge on any atom is 0.306 e. The Bertz CT molecular complexity index is 1420. The molecule has 0 aliphatic carbocycles. The molecule has 2 unspecified atom stereocenters. The third-order valence-corrected chi connectivity index (χ3v) is 9.74. The van der Waals surface area contributed by atoms with Gasteiger partial charge in [0.2, 0.25) is 0 Å². The molecule has 0 saturated heterocycles. The number of carbonyl (C=O) groups excluding carboxylic acids is 3. The minimum atomic E-state index is -1.14. The molecule has 0 aromatic rings. The molecule has 8 nitrogen and oxygen atoms in total. The van der Waals surface area contributed by atoms with Crippen molar-refractivity contribution in [1.29, 1.82) is 0 Å². The Morgan fingerprint density at radius 1 is 0.516 bits per heavy atom. The second-order valence-electron chi connectivity index (χ2n) is 16.4. The van der Waals surface area contributed by atoms with Crippen molar-refractivity contribution in [3.8, 4) is 0 Å². The molecule has 2 atom stereocenters. The lowest BCUT2D eigenvalue weighted by Crippen LogP contribution is -2.55. The topological polar surface area (TPSA) is 102 Å². The molecular formula is C54H85NO7. The van der Waals surface area contributed by atoms with Crippen LogP contribution in [0, 0.1) is 0 Å². The number of allylic oxidation sites excluding steroid dienone is 20. The van der Waals surface area contributed by atoms with E-state index in [4.69, 9.17) is 14.2 Å². The van der Waals surface area contributed by atoms with Crippen LogP contribution in [0.5, 0.6) is 0 Å². The molecule has 62 heavy (non-hydrogen) atoms. The summed E-state index contributed by atoms with van der Waals surface area (Å²) in [7, 11) is 5.37. The van der Waals surface area contributed by atoms with Crippen molar-refractivity contribution in [3.05, 3.63) is 122 Å². The number of carbonyl (C=O) groups is 3. The molecule has 0 spiro atoms. The summed E-state index contributed by atoms with van der Waals surface area (Å²) in [4.78, 5) is 36.9. The largest absolute Gasteiger partial charge is 0.544 e. The number of rotatable bonds is 40. The van der Waals surface area contributed by atoms with Crippen LogP contribution in [0.4, 0.5) is 0 Å². The number of aliphatic carboxylic acids is 1. The van der Waals surface area contributed by atoms with Crippen LogP contribution >= 0.6 is 0 Å². The molecule has 348 valence electrons. The van der Waals surface area contributed by atoms with Crippen molar-refractivity contribution < 1.29 is 38.2 Å². The van der Waals surface area contributed by atoms with Crippen molar-refractivity contribution >= 4 is 17.9 Å². The lowest BCUT2D eigenvalue weighted by atomic mass is 10.1. The number of carboxylic acid groups (broad SMARTS) is 1. The molecule has 0 aliphatic rings. The molecule has 0 aromatic heterocycles. The van der Waals surface area contributed by atoms with Crippen molar-refractivity contribution in [2.24, 2.45) is 0 Å². The second kappa shape index (κ2) is 43.4. The van der Waals surface area contributed by atoms with Gasteiger partial charge in [-0.3, -0.25) is 9.59 Å². The van der Waals surface area contributed by atoms with Crippen molar-refractivity contribution in [1.82, 2.24) is 0 Å². The number of carboxylic acids is 1. The van der Waals surface area contributed by atoms with E-state index in [-0.39, 0.29) is 55.5 Å². The number of ether oxygens (including phenoxy) is 3. The molecule has 0 amide bonds. The van der Waals surface area contributed by atoms with E-state index >= 15 is 0 Å². The maximum atomic E-state index is 12.8. The molecule has 0 heterocycles. The summed E-state index contributed by atoms with van der Waals surface area (Å²) in [6, 6.07) is -0.745. The number of likely N-dealkylation sites (N-methyl/N-ethyl adjacent to an activating group) is 1. The van der Waals surface area contributed by atoms with Crippen LogP contribution in [0.2, 0.25) is 0 Å². The van der Waals surface area contributed by atoms with E-state index in [1.165, 1.54) is 25.7 Å². The van der Waals surface area contributed by atoms with Gasteiger partial charge in [0, 0.05) is 19.3 Å². The minimum Gasteiger partial charge on any atom is -0.544 e. The van der Waals surface area contributed by atoms with Gasteiger partial charge in [-0.1, -0.05) is 174 Å². The number of quaternary nitrogens is 1. The lowest BCUT2D eigenvalue weighted by Gasteiger charge is -2.34. The highest BCUT2D eigenvalue weighted by molar-refractivity contribution is 5.70. The first-order valence-corrected chi connectivity index (χ1v) is 23.6. The average Bonchev–Trinajstić information content (AvgIpc) is 3.23. The minimum absolute atomic E-state index is 0.00890. The zero-order valence-electron chi connectivity index (χ0n) is 39.5. The Morgan fingerprint density at radius 3 is 1.50 bits per heavy atom. The first-order chi connectivity index (χ1) is 30.1. The van der Waals surface area contributed by atoms with Gasteiger partial charge in [0.25, 0.3) is 0 Å². The average molecular weight is 860 g/mol. The summed E-state index contributed by atoms with van der Waals surface area (Å²) in [6.45, 7) is 4.39. The fraction of sp³-hybridized carbons (Fsp3) is 0.574. The Kier molecular flexibility index (Phi) is 40.4. The second-order valence-corrected chi connectivity index (χ2v) is 16.4. The van der Waals surface area contributed by atoms with Crippen LogP contribution in [-0.2, 0) is 28.6 Å². The van der Waals surface area contributed by atoms with Crippen molar-refractivity contribution in [2.75, 3.05) is 41.0 Å². The molecule has 0 fully saturated rings. The van der Waals surface area contributed by atoms with Gasteiger partial charge in [-0.05, 0) is 77.0 Å². The van der Waals surface area contributed by atoms with E-state index in [0.717, 1.165) is 83.5 Å². The fourth-order valence-electron chi connectivity index (χ4n) is 6.08. The highest BCUT2D eigenvalue weighted by atomic mass is 16.6. The highest BCUT2D eigenvalue weighted by Gasteiger charge is 2.25. The predicted octanol–water partition coefficient (Wildman–Crippen LogP) is 12.1. The van der Waals surface area contributed by atoms with Gasteiger partial charge in [0.15, 0.2) is 6.10 Å². The zero-order valence-corrected chi connectivity index (χ0v) is 39.5. The third-order valence-electron chi connectivity index (χ3n) is 9.74. The molecule has 8 heteroatoms. The summed E-state index contributed by atoms with van der Waals surface area (Å²) in [6.07, 6.45) is 60.8. The molecule has 0 bridgehead atoms. The first kappa shape index (κ1) is 57.7. The summed E-state index contributed by atoms with van der Waals surface area (Å²) >= 11 is 0. The first-order valence-electron chi connectivity index (χ1n) is 23.6. The monoisotopic (exact) mass is 860 g/mol. The smallest absolute Gasteiger partial charge is 0.306 e. The van der Waals surface area contributed by atoms with Gasteiger partial charge >= 0.3 is 11.9 Å². The summed E-state index contributed by atoms with van der Waals surface area (Å²) < 4.78 is 17.1. The van der Waals surface area contributed by atoms with E-state index in [0.29, 0.717) is 6.42 Å². The molecule has 0 saturated carbocycles. The van der Waals surface area contributed by atoms with E-state index in [1.54, 1.807) is 21.1 Å². The number of hydrogen-bond donors (Lipinski definition) is 0. The standard InChI is InChI=1S/C54H85NO7/c1-6-8-10-12-14-16-18-20-22-24-25-26-27-29-31-33-35-37-39-41-43-45-53(57)62-50(48-60-47-46-51(54(58)59)55(3,4)5)49-61-52(56)44-42-40-38-36-34-32-30-28-23-21-19-17-15-13-11-9-7-2/h9,11,13-17,19-23,25-26,28-32,34,50-51H,6-8,10,12,18,24,27,33,35-49H2,1-5H3/b11-9+,15-13+,16-14+,19-17+,22-20+,23-21+,26-25+,30-28+,31-29+,34-32+. The molecular weight excluding hydrogens is 775 g/mol. The quantitative estimate of drug-likeness (QED) is 0.0199. The van der Waals surface area contributed by atoms with Gasteiger partial charge < -0.3 is 28.6 Å². The van der Waals surface area contributed by atoms with Crippen molar-refractivity contribution in [2.45, 2.75) is 161 Å². The highest BCUT2D eigenvalue weighted by Crippen LogP contribution is 2.12. The van der Waals surface area contributed by atoms with E-state index in [9.17, 15) is 19.5 Å². The van der Waals surface area contributed by atoms with Crippen LogP contribution in [0.1, 0.15) is 149 Å². The fourth-order valence-corrected chi connectivity index (χ4v) is 6.08. The van der Waals surface area contributed by atoms with Crippen LogP contribution in [0.25, 0.3) is 0 Å². The Balaban J connectivity index is 4.46. The molecule has 0 aliphatic heterocycles. The Labute approximate surface area is 378 Å². The normalized spacial score (nSPS) is 14.0. The van der Waals surface area contributed by atoms with Crippen LogP contribution < -0.4 is 5.11 Å². The number of unbranched alkanes of at least 4 members (excludes halogenated alkanes) is 11. The zero-order chi connectivity index (χ0) is 45.6. The summed E-state index contributed by atoms with van der Waals surface area (Å²) in [5.74, 6) is -1.84. The summed E-state index contributed by atoms with van der Waals surface area (Å²) in [5.41, 5.74) is 0. The molecule has 0 N–H and O–H groups in total. The van der Waals surface area contributed by atoms with E-state index in [2.05, 4.69) is 74.6 Å². The summed E-state index contributed by atoms with van der Waals surface area (Å²) in [5, 5.41) is 11.6. The number of hydrogen-bond acceptors (Lipinski definition) is 7. The van der Waals surface area contributed by atoms with Gasteiger partial charge in [0.05, 0.1) is 40.3 Å².